The molecule has 122 valence electrons. The fourth-order valence-electron chi connectivity index (χ4n) is 2.15. The number of esters is 1. The van der Waals surface area contributed by atoms with E-state index in [2.05, 4.69) is 20.8 Å². The number of hydrogen-bond acceptors (Lipinski definition) is 6. The molecule has 1 N–H and O–H groups in total. The molecule has 1 aromatic heterocycles. The molecule has 0 spiro atoms. The summed E-state index contributed by atoms with van der Waals surface area (Å²) < 4.78 is 6.18. The number of nitrogens with zero attached hydrogens (tertiary/aromatic N) is 4. The third-order valence-electron chi connectivity index (χ3n) is 3.70. The van der Waals surface area contributed by atoms with E-state index in [0.29, 0.717) is 11.3 Å². The van der Waals surface area contributed by atoms with E-state index in [0.717, 1.165) is 6.42 Å². The summed E-state index contributed by atoms with van der Waals surface area (Å²) in [4.78, 5) is 24.5. The molecule has 0 aliphatic heterocycles. The zero-order valence-electron chi connectivity index (χ0n) is 13.3. The van der Waals surface area contributed by atoms with Crippen LogP contribution in [-0.2, 0) is 9.53 Å². The molecule has 2 aromatic rings. The minimum atomic E-state index is -0.709. The van der Waals surface area contributed by atoms with Crippen LogP contribution in [0, 0.1) is 5.92 Å². The van der Waals surface area contributed by atoms with E-state index in [-0.39, 0.29) is 11.8 Å². The lowest BCUT2D eigenvalue weighted by Crippen LogP contribution is -2.45. The minimum Gasteiger partial charge on any atom is -0.467 e. The molecule has 0 unspecified atom stereocenters. The number of methoxy groups -OCH3 is 1. The van der Waals surface area contributed by atoms with Crippen LogP contribution in [0.5, 0.6) is 0 Å². The number of tetrazole rings is 1. The molecule has 0 saturated carbocycles. The predicted octanol–water partition coefficient (Wildman–Crippen LogP) is 0.980. The number of carbonyl (C=O) groups excluding carboxylic acids is 2. The van der Waals surface area contributed by atoms with Gasteiger partial charge in [0.15, 0.2) is 0 Å². The van der Waals surface area contributed by atoms with E-state index >= 15 is 0 Å². The lowest BCUT2D eigenvalue weighted by atomic mass is 9.98. The second-order valence-electron chi connectivity index (χ2n) is 5.13. The highest BCUT2D eigenvalue weighted by atomic mass is 16.5. The number of para-hydroxylation sites is 1. The van der Waals surface area contributed by atoms with Gasteiger partial charge < -0.3 is 10.1 Å². The Labute approximate surface area is 133 Å². The SMILES string of the molecule is CC[C@H](C)[C@H](NC(=O)c1ccccc1-n1cnnn1)C(=O)OC. The summed E-state index contributed by atoms with van der Waals surface area (Å²) in [7, 11) is 1.30. The van der Waals surface area contributed by atoms with Crippen LogP contribution in [0.25, 0.3) is 5.69 Å². The number of rotatable bonds is 6. The first-order chi connectivity index (χ1) is 11.1. The molecule has 23 heavy (non-hydrogen) atoms. The lowest BCUT2D eigenvalue weighted by molar-refractivity contribution is -0.144. The number of ether oxygens (including phenoxy) is 1. The van der Waals surface area contributed by atoms with Crippen LogP contribution in [0.15, 0.2) is 30.6 Å². The van der Waals surface area contributed by atoms with Crippen molar-refractivity contribution in [3.8, 4) is 5.69 Å². The summed E-state index contributed by atoms with van der Waals surface area (Å²) in [5, 5.41) is 13.7. The van der Waals surface area contributed by atoms with Crippen molar-refractivity contribution in [2.45, 2.75) is 26.3 Å². The van der Waals surface area contributed by atoms with Gasteiger partial charge >= 0.3 is 5.97 Å². The standard InChI is InChI=1S/C15H19N5O3/c1-4-10(2)13(15(22)23-3)17-14(21)11-7-5-6-8-12(11)20-9-16-18-19-20/h5-10,13H,4H2,1-3H3,(H,17,21)/t10-,13-/m0/s1. The summed E-state index contributed by atoms with van der Waals surface area (Å²) in [5.74, 6) is -0.897. The minimum absolute atomic E-state index is 0.0494. The number of aromatic nitrogens is 4. The summed E-state index contributed by atoms with van der Waals surface area (Å²) in [6.45, 7) is 3.83. The second kappa shape index (κ2) is 7.48. The van der Waals surface area contributed by atoms with Gasteiger partial charge in [-0.15, -0.1) is 5.10 Å². The van der Waals surface area contributed by atoms with Gasteiger partial charge in [-0.2, -0.15) is 4.68 Å². The Balaban J connectivity index is 2.28. The van der Waals surface area contributed by atoms with E-state index in [1.807, 2.05) is 13.8 Å². The van der Waals surface area contributed by atoms with Gasteiger partial charge in [-0.1, -0.05) is 32.4 Å². The molecule has 1 amide bonds. The molecule has 1 heterocycles. The van der Waals surface area contributed by atoms with Gasteiger partial charge in [0.05, 0.1) is 18.4 Å². The van der Waals surface area contributed by atoms with Gasteiger partial charge in [-0.3, -0.25) is 4.79 Å². The number of amides is 1. The summed E-state index contributed by atoms with van der Waals surface area (Å²) in [6, 6.07) is 6.18. The number of nitrogens with one attached hydrogen (secondary N) is 1. The molecular weight excluding hydrogens is 298 g/mol. The average molecular weight is 317 g/mol. The molecule has 2 atom stereocenters. The number of benzene rings is 1. The van der Waals surface area contributed by atoms with Crippen LogP contribution in [0.1, 0.15) is 30.6 Å². The summed E-state index contributed by atoms with van der Waals surface area (Å²) in [6.07, 6.45) is 2.13. The van der Waals surface area contributed by atoms with Crippen LogP contribution in [0.3, 0.4) is 0 Å². The fourth-order valence-corrected chi connectivity index (χ4v) is 2.15. The van der Waals surface area contributed by atoms with Crippen LogP contribution < -0.4 is 5.32 Å². The molecule has 0 bridgehead atoms. The first-order valence-corrected chi connectivity index (χ1v) is 7.29. The smallest absolute Gasteiger partial charge is 0.328 e. The lowest BCUT2D eigenvalue weighted by Gasteiger charge is -2.22. The van der Waals surface area contributed by atoms with E-state index < -0.39 is 12.0 Å². The molecule has 0 fully saturated rings. The van der Waals surface area contributed by atoms with Crippen LogP contribution in [0.4, 0.5) is 0 Å². The molecule has 0 aliphatic carbocycles. The van der Waals surface area contributed by atoms with Crippen molar-refractivity contribution in [2.24, 2.45) is 5.92 Å². The van der Waals surface area contributed by atoms with Crippen molar-refractivity contribution in [1.82, 2.24) is 25.5 Å². The topological polar surface area (TPSA) is 99.0 Å². The maximum atomic E-state index is 12.6. The van der Waals surface area contributed by atoms with Crippen LogP contribution in [-0.4, -0.2) is 45.2 Å². The Morgan fingerprint density at radius 1 is 1.35 bits per heavy atom. The highest BCUT2D eigenvalue weighted by Gasteiger charge is 2.28. The highest BCUT2D eigenvalue weighted by Crippen LogP contribution is 2.15. The van der Waals surface area contributed by atoms with Crippen LogP contribution in [0.2, 0.25) is 0 Å². The maximum Gasteiger partial charge on any atom is 0.328 e. The number of hydrogen-bond donors (Lipinski definition) is 1. The van der Waals surface area contributed by atoms with E-state index in [4.69, 9.17) is 4.74 Å². The first-order valence-electron chi connectivity index (χ1n) is 7.29. The fraction of sp³-hybridized carbons (Fsp3) is 0.400. The monoisotopic (exact) mass is 317 g/mol. The van der Waals surface area contributed by atoms with Crippen molar-refractivity contribution < 1.29 is 14.3 Å². The Bertz CT molecular complexity index is 672. The third kappa shape index (κ3) is 3.71. The molecular formula is C15H19N5O3. The Morgan fingerprint density at radius 3 is 2.70 bits per heavy atom. The van der Waals surface area contributed by atoms with Gasteiger partial charge in [-0.05, 0) is 28.5 Å². The van der Waals surface area contributed by atoms with Crippen LogP contribution >= 0.6 is 0 Å². The first kappa shape index (κ1) is 16.6. The molecule has 8 nitrogen and oxygen atoms in total. The Morgan fingerprint density at radius 2 is 2.09 bits per heavy atom. The zero-order chi connectivity index (χ0) is 16.8. The highest BCUT2D eigenvalue weighted by molar-refractivity contribution is 5.99. The van der Waals surface area contributed by atoms with Crippen molar-refractivity contribution in [3.05, 3.63) is 36.2 Å². The average Bonchev–Trinajstić information content (AvgIpc) is 3.12. The van der Waals surface area contributed by atoms with Gasteiger partial charge in [0.2, 0.25) is 0 Å². The van der Waals surface area contributed by atoms with Crippen molar-refractivity contribution in [1.29, 1.82) is 0 Å². The third-order valence-corrected chi connectivity index (χ3v) is 3.70. The normalized spacial score (nSPS) is 13.2. The zero-order valence-corrected chi connectivity index (χ0v) is 13.3. The maximum absolute atomic E-state index is 12.6. The molecule has 0 saturated heterocycles. The van der Waals surface area contributed by atoms with Crippen molar-refractivity contribution >= 4 is 11.9 Å². The van der Waals surface area contributed by atoms with Gasteiger partial charge in [0.1, 0.15) is 12.4 Å². The number of carbonyl (C=O) groups is 2. The van der Waals surface area contributed by atoms with E-state index in [1.165, 1.54) is 18.1 Å². The largest absolute Gasteiger partial charge is 0.467 e. The van der Waals surface area contributed by atoms with Gasteiger partial charge in [0, 0.05) is 0 Å². The molecule has 8 heteroatoms. The summed E-state index contributed by atoms with van der Waals surface area (Å²) in [5.41, 5.74) is 0.903. The van der Waals surface area contributed by atoms with Crippen molar-refractivity contribution in [3.63, 3.8) is 0 Å². The molecule has 2 rings (SSSR count). The van der Waals surface area contributed by atoms with Crippen molar-refractivity contribution in [2.75, 3.05) is 7.11 Å². The van der Waals surface area contributed by atoms with E-state index in [1.54, 1.807) is 24.3 Å². The summed E-state index contributed by atoms with van der Waals surface area (Å²) >= 11 is 0. The molecule has 0 aliphatic rings. The predicted molar refractivity (Wildman–Crippen MR) is 81.9 cm³/mol. The Hall–Kier alpha value is -2.77. The molecule has 0 radical (unpaired) electrons. The quantitative estimate of drug-likeness (QED) is 0.797. The molecule has 1 aromatic carbocycles. The van der Waals surface area contributed by atoms with Gasteiger partial charge in [0.25, 0.3) is 5.91 Å². The van der Waals surface area contributed by atoms with Gasteiger partial charge in [-0.25, -0.2) is 4.79 Å². The van der Waals surface area contributed by atoms with E-state index in [9.17, 15) is 9.59 Å². The second-order valence-corrected chi connectivity index (χ2v) is 5.13. The Kier molecular flexibility index (Phi) is 5.40.